The molecule has 0 bridgehead atoms. The number of rotatable bonds is 0. The molecule has 2 saturated carbocycles. The molecule has 2 fully saturated rings. The van der Waals surface area contributed by atoms with Gasteiger partial charge in [-0.15, -0.1) is 6.42 Å². The highest BCUT2D eigenvalue weighted by Crippen LogP contribution is 2.71. The minimum atomic E-state index is 0. The maximum Gasteiger partial charge on any atom is 0.115 e. The number of allylic oxidation sites excluding steroid dienone is 2. The van der Waals surface area contributed by atoms with Gasteiger partial charge in [0.05, 0.1) is 5.36 Å². The molecule has 0 spiro atoms. The molecule has 1 heterocycles. The average molecular weight is 301 g/mol. The monoisotopic (exact) mass is 301 g/mol. The van der Waals surface area contributed by atoms with Crippen LogP contribution in [0.25, 0.3) is 6.58 Å². The van der Waals surface area contributed by atoms with E-state index in [9.17, 15) is 0 Å². The maximum atomic E-state index is 5.22. The molecule has 1 aromatic rings. The third kappa shape index (κ3) is 2.42. The summed E-state index contributed by atoms with van der Waals surface area (Å²) in [4.78, 5) is 4.93. The van der Waals surface area contributed by atoms with Crippen LogP contribution in [0.15, 0.2) is 35.3 Å². The molecule has 0 aromatic heterocycles. The lowest BCUT2D eigenvalue weighted by Gasteiger charge is -2.30. The second-order valence-corrected chi connectivity index (χ2v) is 7.11. The first-order valence-corrected chi connectivity index (χ1v) is 7.91. The van der Waals surface area contributed by atoms with Crippen molar-refractivity contribution in [3.8, 4) is 24.2 Å². The Hall–Kier alpha value is -2.25. The molecule has 23 heavy (non-hydrogen) atoms. The van der Waals surface area contributed by atoms with Crippen molar-refractivity contribution in [1.29, 1.82) is 0 Å². The van der Waals surface area contributed by atoms with Gasteiger partial charge in [0, 0.05) is 5.92 Å². The summed E-state index contributed by atoms with van der Waals surface area (Å²) in [6, 6.07) is 6.49. The van der Waals surface area contributed by atoms with Gasteiger partial charge in [-0.05, 0) is 65.2 Å². The summed E-state index contributed by atoms with van der Waals surface area (Å²) in [6.45, 7) is 6.51. The quantitative estimate of drug-likeness (QED) is 0.653. The largest absolute Gasteiger partial charge is 0.268 e. The summed E-state index contributed by atoms with van der Waals surface area (Å²) in [5.41, 5.74) is 1.92. The minimum absolute atomic E-state index is 0. The Morgan fingerprint density at radius 3 is 2.96 bits per heavy atom. The van der Waals surface area contributed by atoms with Crippen LogP contribution in [-0.2, 0) is 0 Å². The fraction of sp³-hybridized carbons (Fsp3) is 0.409. The molecule has 4 rings (SSSR count). The van der Waals surface area contributed by atoms with Crippen molar-refractivity contribution in [3.05, 3.63) is 46.5 Å². The molecule has 1 heteroatoms. The Balaban J connectivity index is 0.00000156. The number of benzene rings is 1. The van der Waals surface area contributed by atoms with E-state index in [4.69, 9.17) is 11.4 Å². The number of terminal acetylenes is 1. The maximum absolute atomic E-state index is 5.22. The lowest BCUT2D eigenvalue weighted by molar-refractivity contribution is 0.360. The van der Waals surface area contributed by atoms with Crippen molar-refractivity contribution in [3.63, 3.8) is 0 Å². The van der Waals surface area contributed by atoms with Crippen LogP contribution < -0.4 is 10.6 Å². The van der Waals surface area contributed by atoms with E-state index in [2.05, 4.69) is 43.4 Å². The van der Waals surface area contributed by atoms with E-state index in [1.807, 2.05) is 6.07 Å². The van der Waals surface area contributed by atoms with Crippen molar-refractivity contribution in [1.82, 2.24) is 0 Å². The molecule has 4 unspecified atom stereocenters. The van der Waals surface area contributed by atoms with Crippen LogP contribution in [0.1, 0.15) is 38.7 Å². The molecule has 116 valence electrons. The van der Waals surface area contributed by atoms with Crippen molar-refractivity contribution in [2.75, 3.05) is 0 Å². The number of hydrogen-bond donors (Lipinski definition) is 0. The van der Waals surface area contributed by atoms with Crippen LogP contribution in [0.4, 0.5) is 0 Å². The van der Waals surface area contributed by atoms with Gasteiger partial charge >= 0.3 is 0 Å². The summed E-state index contributed by atoms with van der Waals surface area (Å²) in [7, 11) is 0. The minimum Gasteiger partial charge on any atom is -0.268 e. The Morgan fingerprint density at radius 2 is 2.17 bits per heavy atom. The van der Waals surface area contributed by atoms with Crippen LogP contribution in [0.5, 0.6) is 0 Å². The molecule has 5 atom stereocenters. The smallest absolute Gasteiger partial charge is 0.115 e. The Labute approximate surface area is 139 Å². The average Bonchev–Trinajstić information content (AvgIpc) is 3.06. The molecular weight excluding hydrogens is 278 g/mol. The van der Waals surface area contributed by atoms with Crippen LogP contribution in [0.2, 0.25) is 0 Å². The first-order valence-electron chi connectivity index (χ1n) is 7.91. The number of hydrogen-bond acceptors (Lipinski definition) is 1. The van der Waals surface area contributed by atoms with Crippen LogP contribution >= 0.6 is 0 Å². The summed E-state index contributed by atoms with van der Waals surface area (Å²) >= 11 is 0. The Morgan fingerprint density at radius 1 is 1.35 bits per heavy atom. The summed E-state index contributed by atoms with van der Waals surface area (Å²) in [6.07, 6.45) is 11.2. The van der Waals surface area contributed by atoms with Gasteiger partial charge in [-0.25, -0.2) is 0 Å². The van der Waals surface area contributed by atoms with Gasteiger partial charge in [-0.2, -0.15) is 0 Å². The first kappa shape index (κ1) is 15.6. The van der Waals surface area contributed by atoms with Crippen molar-refractivity contribution in [2.24, 2.45) is 22.2 Å². The lowest BCUT2D eigenvalue weighted by atomic mass is 9.78. The molecule has 1 aromatic carbocycles. The van der Waals surface area contributed by atoms with E-state index in [0.29, 0.717) is 17.3 Å². The van der Waals surface area contributed by atoms with Gasteiger partial charge in [-0.3, -0.25) is 4.99 Å². The van der Waals surface area contributed by atoms with E-state index >= 15 is 0 Å². The molecule has 2 aliphatic carbocycles. The van der Waals surface area contributed by atoms with Gasteiger partial charge in [0.2, 0.25) is 0 Å². The van der Waals surface area contributed by atoms with E-state index in [1.54, 1.807) is 12.2 Å². The van der Waals surface area contributed by atoms with Gasteiger partial charge < -0.3 is 0 Å². The zero-order valence-electron chi connectivity index (χ0n) is 12.8. The highest BCUT2D eigenvalue weighted by molar-refractivity contribution is 5.36. The highest BCUT2D eigenvalue weighted by Gasteiger charge is 2.64. The first-order chi connectivity index (χ1) is 10.6. The highest BCUT2D eigenvalue weighted by atomic mass is 14.8. The predicted octanol–water partition coefficient (Wildman–Crippen LogP) is 3.06. The van der Waals surface area contributed by atoms with Crippen molar-refractivity contribution in [2.45, 2.75) is 39.2 Å². The van der Waals surface area contributed by atoms with Gasteiger partial charge in [0.15, 0.2) is 0 Å². The molecular formula is C22H23N. The van der Waals surface area contributed by atoms with Crippen molar-refractivity contribution < 1.29 is 0 Å². The molecule has 0 radical (unpaired) electrons. The molecule has 1 nitrogen and oxygen atoms in total. The standard InChI is InChI=1S/C21H19N.CH4/c1-4-5-6-7-8-18-16-12-21(3)13-17(21)20(16)15-11-14(2)9-10-19(15)22-18;/h1,5-6,9-11,16-18,20H,2,12-13H2,3H3;1H4/b6-5-;/t16?,17?,18?,20?,21-;/m1./s1. The van der Waals surface area contributed by atoms with E-state index < -0.39 is 0 Å². The fourth-order valence-corrected chi connectivity index (χ4v) is 4.55. The number of fused-ring (bicyclic) bond motifs is 5. The molecule has 0 amide bonds. The SMILES string of the molecule is C.C#C/C=C\C#CC1N=c2ccc(=C)cc2C2C1C[C@]1(C)CC21. The summed E-state index contributed by atoms with van der Waals surface area (Å²) in [5, 5.41) is 2.20. The van der Waals surface area contributed by atoms with E-state index in [-0.39, 0.29) is 13.5 Å². The van der Waals surface area contributed by atoms with E-state index in [0.717, 1.165) is 16.5 Å². The molecule has 3 aliphatic rings. The lowest BCUT2D eigenvalue weighted by Crippen LogP contribution is -2.34. The topological polar surface area (TPSA) is 12.4 Å². The Bertz CT molecular complexity index is 873. The molecule has 0 N–H and O–H groups in total. The molecule has 0 saturated heterocycles. The third-order valence-electron chi connectivity index (χ3n) is 5.65. The summed E-state index contributed by atoms with van der Waals surface area (Å²) < 4.78 is 0. The second kappa shape index (κ2) is 5.43. The van der Waals surface area contributed by atoms with Crippen LogP contribution in [0.3, 0.4) is 0 Å². The van der Waals surface area contributed by atoms with Gasteiger partial charge in [0.25, 0.3) is 0 Å². The predicted molar refractivity (Wildman–Crippen MR) is 96.1 cm³/mol. The Kier molecular flexibility index (Phi) is 3.69. The van der Waals surface area contributed by atoms with E-state index in [1.165, 1.54) is 18.4 Å². The van der Waals surface area contributed by atoms with Crippen molar-refractivity contribution >= 4 is 6.58 Å². The normalized spacial score (nSPS) is 35.5. The van der Waals surface area contributed by atoms with Crippen LogP contribution in [0, 0.1) is 41.4 Å². The third-order valence-corrected chi connectivity index (χ3v) is 5.65. The zero-order valence-corrected chi connectivity index (χ0v) is 12.8. The summed E-state index contributed by atoms with van der Waals surface area (Å²) in [5.74, 6) is 10.8. The van der Waals surface area contributed by atoms with Crippen LogP contribution in [-0.4, -0.2) is 6.04 Å². The zero-order chi connectivity index (χ0) is 15.3. The second-order valence-electron chi connectivity index (χ2n) is 7.11. The van der Waals surface area contributed by atoms with Gasteiger partial charge in [-0.1, -0.05) is 44.8 Å². The number of nitrogens with zero attached hydrogens (tertiary/aromatic N) is 1. The fourth-order valence-electron chi connectivity index (χ4n) is 4.55. The molecule has 1 aliphatic heterocycles. The van der Waals surface area contributed by atoms with Gasteiger partial charge in [0.1, 0.15) is 6.04 Å².